The predicted molar refractivity (Wildman–Crippen MR) is 159 cm³/mol. The third-order valence-electron chi connectivity index (χ3n) is 8.05. The number of halogens is 3. The highest BCUT2D eigenvalue weighted by molar-refractivity contribution is 6.00. The molecule has 2 atom stereocenters. The van der Waals surface area contributed by atoms with Gasteiger partial charge in [0.25, 0.3) is 0 Å². The predicted octanol–water partition coefficient (Wildman–Crippen LogP) is 4.90. The van der Waals surface area contributed by atoms with Crippen LogP contribution in [0.25, 0.3) is 22.4 Å². The summed E-state index contributed by atoms with van der Waals surface area (Å²) >= 11 is 0. The van der Waals surface area contributed by atoms with E-state index in [2.05, 4.69) is 30.5 Å². The number of aromatic nitrogens is 4. The fourth-order valence-corrected chi connectivity index (χ4v) is 5.96. The van der Waals surface area contributed by atoms with Crippen LogP contribution >= 0.6 is 0 Å². The Morgan fingerprint density at radius 1 is 0.886 bits per heavy atom. The number of rotatable bonds is 6. The monoisotopic (exact) mass is 608 g/mol. The van der Waals surface area contributed by atoms with Gasteiger partial charge in [0.15, 0.2) is 11.5 Å². The molecule has 4 aromatic rings. The largest absolute Gasteiger partial charge is 0.408 e. The zero-order valence-corrected chi connectivity index (χ0v) is 23.8. The van der Waals surface area contributed by atoms with Crippen LogP contribution in [0, 0.1) is 0 Å². The lowest BCUT2D eigenvalue weighted by atomic mass is 10.2. The lowest BCUT2D eigenvalue weighted by Crippen LogP contribution is -2.43. The van der Waals surface area contributed by atoms with Crippen LogP contribution in [0.3, 0.4) is 0 Å². The number of hydrogen-bond acceptors (Lipinski definition) is 8. The molecule has 7 rings (SSSR count). The Hall–Kier alpha value is -4.43. The average Bonchev–Trinajstić information content (AvgIpc) is 3.58. The van der Waals surface area contributed by atoms with Gasteiger partial charge in [0.2, 0.25) is 0 Å². The SMILES string of the molecule is O=C(Nc1ccc(-c2nc(N3CC4CCC(C3)O4)c3cnn(CC(F)(F)F)c3n2)cc1)Nc1ccc(N2CCOCC2)cc1. The van der Waals surface area contributed by atoms with E-state index in [1.54, 1.807) is 24.3 Å². The first-order chi connectivity index (χ1) is 21.3. The molecule has 3 aliphatic rings. The number of alkyl halides is 3. The molecule has 0 saturated carbocycles. The topological polar surface area (TPSA) is 110 Å². The van der Waals surface area contributed by atoms with Crippen LogP contribution in [-0.2, 0) is 16.0 Å². The Kier molecular flexibility index (Phi) is 7.46. The molecule has 3 saturated heterocycles. The maximum Gasteiger partial charge on any atom is 0.408 e. The van der Waals surface area contributed by atoms with Gasteiger partial charge in [-0.2, -0.15) is 18.3 Å². The summed E-state index contributed by atoms with van der Waals surface area (Å²) in [6.45, 7) is 2.99. The molecular formula is C30H31F3N8O3. The second kappa shape index (κ2) is 11.6. The van der Waals surface area contributed by atoms with E-state index >= 15 is 0 Å². The zero-order chi connectivity index (χ0) is 30.3. The maximum atomic E-state index is 13.3. The van der Waals surface area contributed by atoms with Crippen LogP contribution in [0.5, 0.6) is 0 Å². The minimum Gasteiger partial charge on any atom is -0.378 e. The van der Waals surface area contributed by atoms with Crippen LogP contribution in [0.4, 0.5) is 40.8 Å². The van der Waals surface area contributed by atoms with E-state index in [-0.39, 0.29) is 23.7 Å². The molecule has 3 aliphatic heterocycles. The van der Waals surface area contributed by atoms with Gasteiger partial charge in [-0.15, -0.1) is 0 Å². The molecule has 0 spiro atoms. The number of nitrogens with zero attached hydrogens (tertiary/aromatic N) is 6. The van der Waals surface area contributed by atoms with E-state index < -0.39 is 18.8 Å². The smallest absolute Gasteiger partial charge is 0.378 e. The number of morpholine rings is 2. The van der Waals surface area contributed by atoms with Gasteiger partial charge in [-0.25, -0.2) is 19.4 Å². The molecule has 44 heavy (non-hydrogen) atoms. The summed E-state index contributed by atoms with van der Waals surface area (Å²) in [5.74, 6) is 0.812. The Morgan fingerprint density at radius 3 is 2.16 bits per heavy atom. The first kappa shape index (κ1) is 28.3. The number of carbonyl (C=O) groups is 1. The lowest BCUT2D eigenvalue weighted by molar-refractivity contribution is -0.141. The Labute approximate surface area is 251 Å². The van der Waals surface area contributed by atoms with Crippen molar-refractivity contribution >= 4 is 39.9 Å². The summed E-state index contributed by atoms with van der Waals surface area (Å²) in [6.07, 6.45) is -1.05. The van der Waals surface area contributed by atoms with Crippen LogP contribution in [0.1, 0.15) is 12.8 Å². The fourth-order valence-electron chi connectivity index (χ4n) is 5.96. The van der Waals surface area contributed by atoms with Gasteiger partial charge >= 0.3 is 12.2 Å². The number of carbonyl (C=O) groups excluding carboxylic acids is 1. The van der Waals surface area contributed by atoms with E-state index in [4.69, 9.17) is 14.5 Å². The highest BCUT2D eigenvalue weighted by Gasteiger charge is 2.36. The third-order valence-corrected chi connectivity index (χ3v) is 8.05. The number of ether oxygens (including phenoxy) is 2. The summed E-state index contributed by atoms with van der Waals surface area (Å²) in [6, 6.07) is 14.1. The summed E-state index contributed by atoms with van der Waals surface area (Å²) in [5, 5.41) is 10.1. The normalized spacial score (nSPS) is 20.2. The molecule has 11 nitrogen and oxygen atoms in total. The van der Waals surface area contributed by atoms with Gasteiger partial charge in [0, 0.05) is 48.8 Å². The maximum absolute atomic E-state index is 13.3. The van der Waals surface area contributed by atoms with Gasteiger partial charge in [0.1, 0.15) is 12.4 Å². The van der Waals surface area contributed by atoms with E-state index in [1.807, 2.05) is 24.3 Å². The van der Waals surface area contributed by atoms with Crippen LogP contribution in [0.15, 0.2) is 54.7 Å². The number of nitrogens with one attached hydrogen (secondary N) is 2. The molecule has 2 amide bonds. The molecule has 2 aromatic heterocycles. The van der Waals surface area contributed by atoms with Gasteiger partial charge in [0.05, 0.1) is 37.0 Å². The Morgan fingerprint density at radius 2 is 1.52 bits per heavy atom. The van der Waals surface area contributed by atoms with Crippen molar-refractivity contribution in [2.45, 2.75) is 37.8 Å². The number of benzene rings is 2. The van der Waals surface area contributed by atoms with E-state index in [0.717, 1.165) is 36.3 Å². The van der Waals surface area contributed by atoms with Crippen molar-refractivity contribution < 1.29 is 27.4 Å². The van der Waals surface area contributed by atoms with Gasteiger partial charge in [-0.1, -0.05) is 0 Å². The fraction of sp³-hybridized carbons (Fsp3) is 0.400. The number of anilines is 4. The van der Waals surface area contributed by atoms with Crippen molar-refractivity contribution in [1.82, 2.24) is 19.7 Å². The molecule has 2 bridgehead atoms. The Bertz CT molecular complexity index is 1630. The van der Waals surface area contributed by atoms with E-state index in [9.17, 15) is 18.0 Å². The highest BCUT2D eigenvalue weighted by atomic mass is 19.4. The van der Waals surface area contributed by atoms with Gasteiger partial charge in [-0.3, -0.25) is 0 Å². The molecule has 5 heterocycles. The van der Waals surface area contributed by atoms with Gasteiger partial charge in [-0.05, 0) is 61.4 Å². The van der Waals surface area contributed by atoms with Crippen molar-refractivity contribution in [3.63, 3.8) is 0 Å². The molecule has 230 valence electrons. The summed E-state index contributed by atoms with van der Waals surface area (Å²) in [5.41, 5.74) is 2.96. The molecule has 2 aromatic carbocycles. The van der Waals surface area contributed by atoms with Crippen molar-refractivity contribution in [2.75, 3.05) is 59.8 Å². The molecular weight excluding hydrogens is 577 g/mol. The third kappa shape index (κ3) is 6.13. The highest BCUT2D eigenvalue weighted by Crippen LogP contribution is 2.34. The molecule has 0 radical (unpaired) electrons. The quantitative estimate of drug-likeness (QED) is 0.318. The van der Waals surface area contributed by atoms with Crippen molar-refractivity contribution in [3.8, 4) is 11.4 Å². The molecule has 14 heteroatoms. The minimum absolute atomic E-state index is 0.0617. The second-order valence-electron chi connectivity index (χ2n) is 11.2. The van der Waals surface area contributed by atoms with Crippen molar-refractivity contribution in [2.24, 2.45) is 0 Å². The van der Waals surface area contributed by atoms with Crippen LogP contribution < -0.4 is 20.4 Å². The number of hydrogen-bond donors (Lipinski definition) is 2. The number of amides is 2. The second-order valence-corrected chi connectivity index (χ2v) is 11.2. The first-order valence-corrected chi connectivity index (χ1v) is 14.6. The number of fused-ring (bicyclic) bond motifs is 3. The zero-order valence-electron chi connectivity index (χ0n) is 23.8. The number of urea groups is 1. The van der Waals surface area contributed by atoms with Crippen LogP contribution in [0.2, 0.25) is 0 Å². The van der Waals surface area contributed by atoms with Crippen molar-refractivity contribution in [1.29, 1.82) is 0 Å². The summed E-state index contributed by atoms with van der Waals surface area (Å²) in [4.78, 5) is 26.3. The van der Waals surface area contributed by atoms with Crippen molar-refractivity contribution in [3.05, 3.63) is 54.7 Å². The average molecular weight is 609 g/mol. The van der Waals surface area contributed by atoms with E-state index in [0.29, 0.717) is 54.4 Å². The van der Waals surface area contributed by atoms with E-state index in [1.165, 1.54) is 6.20 Å². The summed E-state index contributed by atoms with van der Waals surface area (Å²) < 4.78 is 52.2. The first-order valence-electron chi connectivity index (χ1n) is 14.6. The standard InChI is InChI=1S/C30H31F3N8O3/c31-30(32,33)18-41-28-25(15-34-41)27(40-16-23-9-10-24(17-40)44-23)37-26(38-28)19-1-3-20(4-2-19)35-29(42)36-21-5-7-22(8-6-21)39-11-13-43-14-12-39/h1-8,15,23-24H,9-14,16-18H2,(H2,35,36,42). The molecule has 0 aliphatic carbocycles. The molecule has 2 unspecified atom stereocenters. The lowest BCUT2D eigenvalue weighted by Gasteiger charge is -2.33. The molecule has 2 N–H and O–H groups in total. The van der Waals surface area contributed by atoms with Crippen LogP contribution in [-0.4, -0.2) is 83.6 Å². The van der Waals surface area contributed by atoms with Gasteiger partial charge < -0.3 is 29.9 Å². The Balaban J connectivity index is 1.09. The molecule has 3 fully saturated rings. The summed E-state index contributed by atoms with van der Waals surface area (Å²) in [7, 11) is 0. The minimum atomic E-state index is -4.46.